The average Bonchev–Trinajstić information content (AvgIpc) is 3.69. The van der Waals surface area contributed by atoms with Gasteiger partial charge in [-0.25, -0.2) is 4.98 Å². The summed E-state index contributed by atoms with van der Waals surface area (Å²) in [5.41, 5.74) is 3.83. The molecular formula is C29H30N2O3S. The van der Waals surface area contributed by atoms with Crippen LogP contribution in [0.4, 0.5) is 0 Å². The van der Waals surface area contributed by atoms with Crippen molar-refractivity contribution in [2.24, 2.45) is 0 Å². The molecule has 35 heavy (non-hydrogen) atoms. The van der Waals surface area contributed by atoms with Gasteiger partial charge in [-0.2, -0.15) is 0 Å². The van der Waals surface area contributed by atoms with E-state index >= 15 is 0 Å². The third kappa shape index (κ3) is 4.67. The zero-order valence-corrected chi connectivity index (χ0v) is 20.5. The van der Waals surface area contributed by atoms with Crippen LogP contribution in [0.3, 0.4) is 0 Å². The number of thiophene rings is 1. The highest BCUT2D eigenvalue weighted by molar-refractivity contribution is 7.13. The molecule has 0 bridgehead atoms. The average molecular weight is 487 g/mol. The first-order valence-electron chi connectivity index (χ1n) is 12.6. The van der Waals surface area contributed by atoms with Gasteiger partial charge in [0.15, 0.2) is 11.5 Å². The number of nitrogens with one attached hydrogen (secondary N) is 1. The van der Waals surface area contributed by atoms with Crippen LogP contribution in [0, 0.1) is 0 Å². The van der Waals surface area contributed by atoms with Gasteiger partial charge in [-0.3, -0.25) is 0 Å². The van der Waals surface area contributed by atoms with Crippen LogP contribution in [0.25, 0.3) is 33.2 Å². The summed E-state index contributed by atoms with van der Waals surface area (Å²) < 4.78 is 12.6. The predicted molar refractivity (Wildman–Crippen MR) is 140 cm³/mol. The van der Waals surface area contributed by atoms with Crippen molar-refractivity contribution in [3.63, 3.8) is 0 Å². The summed E-state index contributed by atoms with van der Waals surface area (Å²) in [5.74, 6) is 1.80. The molecule has 0 radical (unpaired) electrons. The number of hydrogen-bond acceptors (Lipinski definition) is 5. The topological polar surface area (TPSA) is 67.4 Å². The van der Waals surface area contributed by atoms with Gasteiger partial charge in [-0.15, -0.1) is 11.3 Å². The Balaban J connectivity index is 1.44. The van der Waals surface area contributed by atoms with E-state index in [2.05, 4.69) is 28.6 Å². The molecule has 5 nitrogen and oxygen atoms in total. The van der Waals surface area contributed by atoms with Crippen LogP contribution in [0.15, 0.2) is 60.0 Å². The van der Waals surface area contributed by atoms with Gasteiger partial charge in [0, 0.05) is 11.1 Å². The second-order valence-corrected chi connectivity index (χ2v) is 10.5. The van der Waals surface area contributed by atoms with E-state index in [1.807, 2.05) is 36.4 Å². The molecule has 2 heterocycles. The second-order valence-electron chi connectivity index (χ2n) is 9.52. The van der Waals surface area contributed by atoms with E-state index in [4.69, 9.17) is 14.5 Å². The Labute approximate surface area is 209 Å². The Morgan fingerprint density at radius 1 is 0.800 bits per heavy atom. The first kappa shape index (κ1) is 22.2. The first-order valence-corrected chi connectivity index (χ1v) is 13.5. The highest BCUT2D eigenvalue weighted by Gasteiger charge is 2.25. The minimum Gasteiger partial charge on any atom is -0.502 e. The smallest absolute Gasteiger partial charge is 0.200 e. The molecule has 2 aliphatic carbocycles. The van der Waals surface area contributed by atoms with E-state index in [1.54, 1.807) is 11.3 Å². The molecule has 2 saturated carbocycles. The zero-order valence-electron chi connectivity index (χ0n) is 19.7. The molecule has 4 aromatic rings. The first-order chi connectivity index (χ1) is 17.2. The van der Waals surface area contributed by atoms with Gasteiger partial charge < -0.3 is 19.6 Å². The molecule has 2 N–H and O–H groups in total. The number of nitrogens with zero attached hydrogens (tertiary/aromatic N) is 1. The van der Waals surface area contributed by atoms with Crippen LogP contribution < -0.4 is 9.47 Å². The summed E-state index contributed by atoms with van der Waals surface area (Å²) in [7, 11) is 0. The fourth-order valence-electron chi connectivity index (χ4n) is 5.19. The number of phenols is 1. The molecule has 2 aliphatic rings. The van der Waals surface area contributed by atoms with E-state index in [-0.39, 0.29) is 18.0 Å². The molecule has 0 atom stereocenters. The summed E-state index contributed by atoms with van der Waals surface area (Å²) >= 11 is 1.67. The summed E-state index contributed by atoms with van der Waals surface area (Å²) in [6.45, 7) is 0. The van der Waals surface area contributed by atoms with Gasteiger partial charge in [0.2, 0.25) is 5.75 Å². The number of benzene rings is 2. The van der Waals surface area contributed by atoms with Crippen molar-refractivity contribution >= 4 is 11.3 Å². The standard InChI is InChI=1S/C29H30N2O3S/c32-28-23(33-21-11-4-5-12-21)17-20(18-24(28)34-22-13-6-7-14-22)29-30-26(19-9-2-1-3-10-19)27(31-29)25-15-8-16-35-25/h1-3,8-10,15-18,21-22,32H,4-7,11-14H2,(H,30,31). The fraction of sp³-hybridized carbons (Fsp3) is 0.345. The SMILES string of the molecule is Oc1c(OC2CCCC2)cc(-c2nc(-c3cccs3)c(-c3ccccc3)[nH]2)cc1OC1CCCC1. The number of phenolic OH excluding ortho intramolecular Hbond substituents is 1. The molecule has 0 amide bonds. The van der Waals surface area contributed by atoms with Crippen LogP contribution in [0.5, 0.6) is 17.2 Å². The summed E-state index contributed by atoms with van der Waals surface area (Å²) in [6.07, 6.45) is 9.00. The molecule has 2 aromatic carbocycles. The van der Waals surface area contributed by atoms with E-state index in [0.717, 1.165) is 58.9 Å². The summed E-state index contributed by atoms with van der Waals surface area (Å²) in [4.78, 5) is 9.71. The molecule has 6 heteroatoms. The Hall–Kier alpha value is -3.25. The lowest BCUT2D eigenvalue weighted by molar-refractivity contribution is 0.184. The van der Waals surface area contributed by atoms with E-state index in [9.17, 15) is 5.11 Å². The van der Waals surface area contributed by atoms with Gasteiger partial charge in [0.05, 0.1) is 22.8 Å². The minimum absolute atomic E-state index is 0.0980. The highest BCUT2D eigenvalue weighted by Crippen LogP contribution is 2.44. The van der Waals surface area contributed by atoms with Crippen molar-refractivity contribution in [1.82, 2.24) is 9.97 Å². The maximum absolute atomic E-state index is 11.1. The second kappa shape index (κ2) is 9.78. The number of rotatable bonds is 7. The molecule has 0 saturated heterocycles. The maximum atomic E-state index is 11.1. The lowest BCUT2D eigenvalue weighted by Crippen LogP contribution is -2.13. The van der Waals surface area contributed by atoms with Crippen molar-refractivity contribution in [2.45, 2.75) is 63.6 Å². The minimum atomic E-state index is 0.0980. The quantitative estimate of drug-likeness (QED) is 0.279. The van der Waals surface area contributed by atoms with E-state index < -0.39 is 0 Å². The monoisotopic (exact) mass is 486 g/mol. The molecular weight excluding hydrogens is 456 g/mol. The normalized spacial score (nSPS) is 16.7. The van der Waals surface area contributed by atoms with Gasteiger partial charge in [-0.05, 0) is 74.9 Å². The van der Waals surface area contributed by atoms with Gasteiger partial charge in [-0.1, -0.05) is 36.4 Å². The number of ether oxygens (including phenoxy) is 2. The summed E-state index contributed by atoms with van der Waals surface area (Å²) in [5, 5.41) is 13.2. The van der Waals surface area contributed by atoms with Crippen molar-refractivity contribution in [1.29, 1.82) is 0 Å². The van der Waals surface area contributed by atoms with Crippen LogP contribution in [-0.4, -0.2) is 27.3 Å². The number of H-pyrrole nitrogens is 1. The molecule has 0 spiro atoms. The Kier molecular flexibility index (Phi) is 6.21. The Morgan fingerprint density at radius 3 is 2.00 bits per heavy atom. The number of imidazole rings is 1. The van der Waals surface area contributed by atoms with E-state index in [0.29, 0.717) is 11.5 Å². The third-order valence-corrected chi connectivity index (χ3v) is 7.90. The molecule has 2 fully saturated rings. The van der Waals surface area contributed by atoms with Crippen LogP contribution in [0.1, 0.15) is 51.4 Å². The van der Waals surface area contributed by atoms with Crippen LogP contribution >= 0.6 is 11.3 Å². The number of aromatic amines is 1. The van der Waals surface area contributed by atoms with Crippen LogP contribution in [-0.2, 0) is 0 Å². The van der Waals surface area contributed by atoms with Gasteiger partial charge >= 0.3 is 0 Å². The molecule has 0 aliphatic heterocycles. The number of aromatic nitrogens is 2. The number of aromatic hydroxyl groups is 1. The number of hydrogen-bond donors (Lipinski definition) is 2. The van der Waals surface area contributed by atoms with Crippen molar-refractivity contribution in [3.8, 4) is 50.5 Å². The van der Waals surface area contributed by atoms with Crippen molar-refractivity contribution in [2.75, 3.05) is 0 Å². The van der Waals surface area contributed by atoms with Crippen molar-refractivity contribution < 1.29 is 14.6 Å². The third-order valence-electron chi connectivity index (χ3n) is 7.03. The molecule has 2 aromatic heterocycles. The Morgan fingerprint density at radius 2 is 1.43 bits per heavy atom. The zero-order chi connectivity index (χ0) is 23.6. The molecule has 180 valence electrons. The van der Waals surface area contributed by atoms with Crippen molar-refractivity contribution in [3.05, 3.63) is 60.0 Å². The van der Waals surface area contributed by atoms with Gasteiger partial charge in [0.1, 0.15) is 11.5 Å². The Bertz CT molecular complexity index is 1230. The van der Waals surface area contributed by atoms with Crippen LogP contribution in [0.2, 0.25) is 0 Å². The lowest BCUT2D eigenvalue weighted by Gasteiger charge is -2.19. The molecule has 6 rings (SSSR count). The fourth-order valence-corrected chi connectivity index (χ4v) is 5.91. The lowest BCUT2D eigenvalue weighted by atomic mass is 10.1. The summed E-state index contributed by atoms with van der Waals surface area (Å²) in [6, 6.07) is 18.2. The van der Waals surface area contributed by atoms with E-state index in [1.165, 1.54) is 25.7 Å². The molecule has 0 unspecified atom stereocenters. The highest BCUT2D eigenvalue weighted by atomic mass is 32.1. The largest absolute Gasteiger partial charge is 0.502 e. The van der Waals surface area contributed by atoms with Gasteiger partial charge in [0.25, 0.3) is 0 Å². The maximum Gasteiger partial charge on any atom is 0.200 e. The predicted octanol–water partition coefficient (Wildman–Crippen LogP) is 7.82.